The molecule has 0 saturated heterocycles. The number of rotatable bonds is 3. The Kier molecular flexibility index (Phi) is 4.09. The van der Waals surface area contributed by atoms with Gasteiger partial charge in [-0.05, 0) is 106 Å². The molecule has 5 fully saturated rings. The fraction of sp³-hybridized carbons (Fsp3) is 0.920. The smallest absolute Gasteiger partial charge is 0.0594 e. The summed E-state index contributed by atoms with van der Waals surface area (Å²) in [5.41, 5.74) is 3.12. The van der Waals surface area contributed by atoms with E-state index in [1.165, 1.54) is 50.5 Å². The summed E-state index contributed by atoms with van der Waals surface area (Å²) >= 11 is 0. The lowest BCUT2D eigenvalue weighted by molar-refractivity contribution is -0.120. The summed E-state index contributed by atoms with van der Waals surface area (Å²) in [5.74, 6) is 1.90. The molecule has 0 aliphatic heterocycles. The van der Waals surface area contributed by atoms with Gasteiger partial charge in [0.1, 0.15) is 0 Å². The number of aliphatic hydroxyl groups excluding tert-OH is 1. The molecular formula is C25H42N2O. The molecule has 158 valence electrons. The molecule has 0 aromatic rings. The average molecular weight is 387 g/mol. The zero-order valence-corrected chi connectivity index (χ0v) is 18.8. The van der Waals surface area contributed by atoms with Crippen LogP contribution in [0.25, 0.3) is 0 Å². The molecule has 0 amide bonds. The van der Waals surface area contributed by atoms with Crippen molar-refractivity contribution in [1.29, 1.82) is 0 Å². The molecule has 0 aromatic carbocycles. The summed E-state index contributed by atoms with van der Waals surface area (Å²) in [5, 5.41) is 18.2. The van der Waals surface area contributed by atoms with Gasteiger partial charge in [0.05, 0.1) is 6.10 Å². The second kappa shape index (κ2) is 5.86. The second-order valence-corrected chi connectivity index (χ2v) is 11.8. The number of hydrogen-bond acceptors (Lipinski definition) is 3. The molecule has 3 nitrogen and oxygen atoms in total. The Labute approximate surface area is 172 Å². The summed E-state index contributed by atoms with van der Waals surface area (Å²) in [6.07, 6.45) is 10.3. The molecule has 5 rings (SSSR count). The number of aliphatic hydroxyl groups is 1. The molecule has 3 heteroatoms. The first-order chi connectivity index (χ1) is 13.2. The van der Waals surface area contributed by atoms with Crippen molar-refractivity contribution in [2.75, 3.05) is 14.1 Å². The number of fused-ring (bicyclic) bond motifs is 2. The summed E-state index contributed by atoms with van der Waals surface area (Å²) in [6, 6.07) is 0.912. The molecule has 3 N–H and O–H groups in total. The van der Waals surface area contributed by atoms with Gasteiger partial charge in [-0.3, -0.25) is 0 Å². The highest BCUT2D eigenvalue weighted by Crippen LogP contribution is 2.87. The maximum Gasteiger partial charge on any atom is 0.0594 e. The van der Waals surface area contributed by atoms with Crippen LogP contribution in [-0.2, 0) is 0 Å². The minimum atomic E-state index is -0.157. The van der Waals surface area contributed by atoms with E-state index in [9.17, 15) is 5.11 Å². The Morgan fingerprint density at radius 2 is 1.79 bits per heavy atom. The summed E-state index contributed by atoms with van der Waals surface area (Å²) < 4.78 is 0. The van der Waals surface area contributed by atoms with Gasteiger partial charge in [-0.25, -0.2) is 0 Å². The second-order valence-electron chi connectivity index (χ2n) is 11.8. The molecule has 0 bridgehead atoms. The van der Waals surface area contributed by atoms with Gasteiger partial charge < -0.3 is 15.7 Å². The van der Waals surface area contributed by atoms with Gasteiger partial charge in [0.15, 0.2) is 0 Å². The Morgan fingerprint density at radius 3 is 2.46 bits per heavy atom. The monoisotopic (exact) mass is 386 g/mol. The number of hydrogen-bond donors (Lipinski definition) is 3. The Hall–Kier alpha value is -0.380. The maximum absolute atomic E-state index is 11.2. The standard InChI is InChI=1S/C25H42N2O/c1-15-17-7-8-20-23(4)13-19(28)21(16(2)26-5)22(23,3)11-12-25(20)14-24(17,25)10-9-18(15)27-6/h16-21,26-28H,1,7-14H2,2-6H3/t16-,17-,18-,19-,20-,21-,22+,23-,24+,25-/m0/s1. The van der Waals surface area contributed by atoms with Crippen molar-refractivity contribution < 1.29 is 5.11 Å². The van der Waals surface area contributed by atoms with Gasteiger partial charge in [0.25, 0.3) is 0 Å². The Bertz CT molecular complexity index is 692. The van der Waals surface area contributed by atoms with E-state index in [1.807, 2.05) is 0 Å². The summed E-state index contributed by atoms with van der Waals surface area (Å²) in [4.78, 5) is 0. The van der Waals surface area contributed by atoms with Crippen LogP contribution in [-0.4, -0.2) is 37.4 Å². The van der Waals surface area contributed by atoms with Crippen LogP contribution in [0.5, 0.6) is 0 Å². The molecule has 10 atom stereocenters. The van der Waals surface area contributed by atoms with E-state index in [1.54, 1.807) is 0 Å². The van der Waals surface area contributed by atoms with Crippen LogP contribution in [0.4, 0.5) is 0 Å². The molecular weight excluding hydrogens is 344 g/mol. The third-order valence-electron chi connectivity index (χ3n) is 11.6. The SMILES string of the molecule is C=C1[C@@H](NC)CC[C@]23C[C@]24CC[C@]2(C)[C@@H]([C@H](C)NC)[C@@H](O)C[C@@]2(C)[C@@H]4CC[C@@H]13. The quantitative estimate of drug-likeness (QED) is 0.639. The van der Waals surface area contributed by atoms with Gasteiger partial charge in [-0.15, -0.1) is 0 Å². The molecule has 0 unspecified atom stereocenters. The normalized spacial score (nSPS) is 58.4. The number of nitrogens with one attached hydrogen (secondary N) is 2. The molecule has 5 saturated carbocycles. The first kappa shape index (κ1) is 19.6. The third kappa shape index (κ3) is 1.98. The van der Waals surface area contributed by atoms with Gasteiger partial charge in [0.2, 0.25) is 0 Å². The van der Waals surface area contributed by atoms with Gasteiger partial charge in [-0.2, -0.15) is 0 Å². The third-order valence-corrected chi connectivity index (χ3v) is 11.6. The van der Waals surface area contributed by atoms with Crippen LogP contribution in [0, 0.1) is 39.4 Å². The highest BCUT2D eigenvalue weighted by Gasteiger charge is 2.81. The summed E-state index contributed by atoms with van der Waals surface area (Å²) in [7, 11) is 4.17. The topological polar surface area (TPSA) is 44.3 Å². The van der Waals surface area contributed by atoms with Crippen LogP contribution in [0.15, 0.2) is 12.2 Å². The largest absolute Gasteiger partial charge is 0.393 e. The predicted octanol–water partition coefficient (Wildman–Crippen LogP) is 4.12. The lowest BCUT2D eigenvalue weighted by Gasteiger charge is -2.61. The zero-order valence-electron chi connectivity index (χ0n) is 18.8. The molecule has 28 heavy (non-hydrogen) atoms. The number of likely N-dealkylation sites (N-methyl/N-ethyl adjacent to an activating group) is 1. The van der Waals surface area contributed by atoms with Crippen LogP contribution >= 0.6 is 0 Å². The molecule has 5 aliphatic carbocycles. The van der Waals surface area contributed by atoms with E-state index in [0.717, 1.165) is 18.3 Å². The highest BCUT2D eigenvalue weighted by molar-refractivity contribution is 5.35. The Morgan fingerprint density at radius 1 is 1.04 bits per heavy atom. The van der Waals surface area contributed by atoms with E-state index < -0.39 is 0 Å². The van der Waals surface area contributed by atoms with E-state index in [2.05, 4.69) is 52.1 Å². The van der Waals surface area contributed by atoms with Gasteiger partial charge in [-0.1, -0.05) is 26.0 Å². The molecule has 2 spiro atoms. The minimum Gasteiger partial charge on any atom is -0.393 e. The van der Waals surface area contributed by atoms with E-state index in [-0.39, 0.29) is 16.9 Å². The van der Waals surface area contributed by atoms with Crippen molar-refractivity contribution in [2.45, 2.75) is 90.3 Å². The summed E-state index contributed by atoms with van der Waals surface area (Å²) in [6.45, 7) is 12.0. The molecule has 0 aromatic heterocycles. The van der Waals surface area contributed by atoms with Gasteiger partial charge >= 0.3 is 0 Å². The van der Waals surface area contributed by atoms with Gasteiger partial charge in [0, 0.05) is 18.0 Å². The molecule has 0 radical (unpaired) electrons. The van der Waals surface area contributed by atoms with E-state index in [4.69, 9.17) is 0 Å². The first-order valence-corrected chi connectivity index (χ1v) is 11.9. The lowest BCUT2D eigenvalue weighted by atomic mass is 9.43. The average Bonchev–Trinajstić information content (AvgIpc) is 3.27. The highest BCUT2D eigenvalue weighted by atomic mass is 16.3. The molecule has 0 heterocycles. The van der Waals surface area contributed by atoms with Crippen molar-refractivity contribution in [3.05, 3.63) is 12.2 Å². The van der Waals surface area contributed by atoms with Crippen LogP contribution in [0.1, 0.15) is 72.1 Å². The van der Waals surface area contributed by atoms with Crippen molar-refractivity contribution >= 4 is 0 Å². The van der Waals surface area contributed by atoms with Crippen molar-refractivity contribution in [1.82, 2.24) is 10.6 Å². The van der Waals surface area contributed by atoms with Crippen molar-refractivity contribution in [3.63, 3.8) is 0 Å². The van der Waals surface area contributed by atoms with Crippen molar-refractivity contribution in [2.24, 2.45) is 39.4 Å². The van der Waals surface area contributed by atoms with E-state index in [0.29, 0.717) is 28.8 Å². The Balaban J connectivity index is 1.51. The fourth-order valence-corrected chi connectivity index (χ4v) is 10.1. The van der Waals surface area contributed by atoms with Crippen LogP contribution in [0.2, 0.25) is 0 Å². The first-order valence-electron chi connectivity index (χ1n) is 11.9. The zero-order chi connectivity index (χ0) is 20.1. The van der Waals surface area contributed by atoms with Crippen molar-refractivity contribution in [3.8, 4) is 0 Å². The predicted molar refractivity (Wildman–Crippen MR) is 115 cm³/mol. The minimum absolute atomic E-state index is 0.157. The maximum atomic E-state index is 11.2. The van der Waals surface area contributed by atoms with Crippen LogP contribution in [0.3, 0.4) is 0 Å². The fourth-order valence-electron chi connectivity index (χ4n) is 10.1. The lowest BCUT2D eigenvalue weighted by Crippen LogP contribution is -2.56. The van der Waals surface area contributed by atoms with E-state index >= 15 is 0 Å². The van der Waals surface area contributed by atoms with Crippen LogP contribution < -0.4 is 10.6 Å². The molecule has 5 aliphatic rings.